The zero-order valence-corrected chi connectivity index (χ0v) is 12.8. The fourth-order valence-corrected chi connectivity index (χ4v) is 1.82. The van der Waals surface area contributed by atoms with Crippen molar-refractivity contribution in [3.05, 3.63) is 0 Å². The highest BCUT2D eigenvalue weighted by molar-refractivity contribution is 5.79. The number of rotatable bonds is 10. The van der Waals surface area contributed by atoms with Crippen molar-refractivity contribution < 1.29 is 19.0 Å². The minimum atomic E-state index is -0.965. The number of hydrogen-bond acceptors (Lipinski definition) is 6. The first-order valence-electron chi connectivity index (χ1n) is 6.48. The van der Waals surface area contributed by atoms with Gasteiger partial charge >= 0.3 is 5.97 Å². The van der Waals surface area contributed by atoms with E-state index in [-0.39, 0.29) is 6.04 Å². The van der Waals surface area contributed by atoms with Crippen LogP contribution in [0.2, 0.25) is 0 Å². The first-order chi connectivity index (χ1) is 8.88. The van der Waals surface area contributed by atoms with Gasteiger partial charge in [0.2, 0.25) is 0 Å². The minimum absolute atomic E-state index is 0.244. The quantitative estimate of drug-likeness (QED) is 0.577. The fraction of sp³-hybridized carbons (Fsp3) is 0.923. The summed E-state index contributed by atoms with van der Waals surface area (Å²) in [5.74, 6) is -0.390. The predicted molar refractivity (Wildman–Crippen MR) is 74.0 cm³/mol. The van der Waals surface area contributed by atoms with E-state index in [1.807, 2.05) is 0 Å². The Kier molecular flexibility index (Phi) is 8.92. The molecule has 0 bridgehead atoms. The lowest BCUT2D eigenvalue weighted by molar-refractivity contribution is -0.146. The number of nitrogens with two attached hydrogens (primary N) is 1. The molecule has 6 nitrogen and oxygen atoms in total. The number of nitrogens with zero attached hydrogens (tertiary/aromatic N) is 1. The van der Waals surface area contributed by atoms with Crippen LogP contribution in [0.15, 0.2) is 0 Å². The van der Waals surface area contributed by atoms with Gasteiger partial charge in [-0.15, -0.1) is 0 Å². The highest BCUT2D eigenvalue weighted by Crippen LogP contribution is 2.11. The van der Waals surface area contributed by atoms with Gasteiger partial charge < -0.3 is 19.9 Å². The third-order valence-electron chi connectivity index (χ3n) is 3.18. The summed E-state index contributed by atoms with van der Waals surface area (Å²) in [5.41, 5.74) is 4.99. The molecule has 0 amide bonds. The standard InChI is InChI=1S/C13H28N2O4/c1-11(10-18-4)15(8-9-17-3)7-6-13(2,14)12(16)19-5/h11H,6-10,14H2,1-5H3. The van der Waals surface area contributed by atoms with Crippen LogP contribution < -0.4 is 5.73 Å². The number of hydrogen-bond donors (Lipinski definition) is 1. The molecular formula is C13H28N2O4. The predicted octanol–water partition coefficient (Wildman–Crippen LogP) is 0.250. The fourth-order valence-electron chi connectivity index (χ4n) is 1.82. The van der Waals surface area contributed by atoms with Crippen molar-refractivity contribution in [2.45, 2.75) is 31.8 Å². The van der Waals surface area contributed by atoms with Gasteiger partial charge in [0.1, 0.15) is 5.54 Å². The van der Waals surface area contributed by atoms with E-state index in [0.717, 1.165) is 6.54 Å². The smallest absolute Gasteiger partial charge is 0.325 e. The van der Waals surface area contributed by atoms with E-state index in [0.29, 0.717) is 26.2 Å². The molecule has 0 spiro atoms. The zero-order valence-electron chi connectivity index (χ0n) is 12.8. The summed E-state index contributed by atoms with van der Waals surface area (Å²) in [6.45, 7) is 6.49. The van der Waals surface area contributed by atoms with Crippen molar-refractivity contribution in [1.82, 2.24) is 4.90 Å². The molecule has 0 rings (SSSR count). The number of esters is 1. The first-order valence-corrected chi connectivity index (χ1v) is 6.48. The largest absolute Gasteiger partial charge is 0.468 e. The lowest BCUT2D eigenvalue weighted by Crippen LogP contribution is -2.49. The monoisotopic (exact) mass is 276 g/mol. The second kappa shape index (κ2) is 9.25. The van der Waals surface area contributed by atoms with Crippen molar-refractivity contribution in [1.29, 1.82) is 0 Å². The van der Waals surface area contributed by atoms with Gasteiger partial charge in [0.05, 0.1) is 20.3 Å². The molecule has 0 aliphatic rings. The summed E-state index contributed by atoms with van der Waals surface area (Å²) in [7, 11) is 4.69. The van der Waals surface area contributed by atoms with E-state index in [2.05, 4.69) is 11.8 Å². The van der Waals surface area contributed by atoms with Gasteiger partial charge in [-0.25, -0.2) is 0 Å². The Labute approximate surface area is 116 Å². The maximum Gasteiger partial charge on any atom is 0.325 e. The Morgan fingerprint density at radius 2 is 1.89 bits per heavy atom. The van der Waals surface area contributed by atoms with E-state index in [1.54, 1.807) is 21.1 Å². The number of ether oxygens (including phenoxy) is 3. The summed E-state index contributed by atoms with van der Waals surface area (Å²) in [4.78, 5) is 13.7. The maximum atomic E-state index is 11.5. The van der Waals surface area contributed by atoms with Crippen molar-refractivity contribution >= 4 is 5.97 Å². The van der Waals surface area contributed by atoms with Gasteiger partial charge in [-0.05, 0) is 20.3 Å². The molecule has 0 aromatic carbocycles. The number of carbonyl (C=O) groups excluding carboxylic acids is 1. The van der Waals surface area contributed by atoms with Crippen LogP contribution in [-0.4, -0.2) is 70.1 Å². The third kappa shape index (κ3) is 6.87. The van der Waals surface area contributed by atoms with Gasteiger partial charge in [0.15, 0.2) is 0 Å². The van der Waals surface area contributed by atoms with Crippen LogP contribution in [0.25, 0.3) is 0 Å². The van der Waals surface area contributed by atoms with Gasteiger partial charge in [-0.1, -0.05) is 0 Å². The average molecular weight is 276 g/mol. The van der Waals surface area contributed by atoms with E-state index in [1.165, 1.54) is 7.11 Å². The molecular weight excluding hydrogens is 248 g/mol. The van der Waals surface area contributed by atoms with Crippen molar-refractivity contribution in [2.75, 3.05) is 47.6 Å². The van der Waals surface area contributed by atoms with Crippen LogP contribution in [0.3, 0.4) is 0 Å². The molecule has 0 aliphatic carbocycles. The second-order valence-corrected chi connectivity index (χ2v) is 4.99. The number of methoxy groups -OCH3 is 3. The molecule has 2 unspecified atom stereocenters. The van der Waals surface area contributed by atoms with E-state index >= 15 is 0 Å². The Morgan fingerprint density at radius 3 is 2.37 bits per heavy atom. The van der Waals surface area contributed by atoms with Crippen LogP contribution in [0, 0.1) is 0 Å². The van der Waals surface area contributed by atoms with Crippen molar-refractivity contribution in [2.24, 2.45) is 5.73 Å². The molecule has 0 aromatic heterocycles. The van der Waals surface area contributed by atoms with Gasteiger partial charge in [-0.3, -0.25) is 9.69 Å². The lowest BCUT2D eigenvalue weighted by atomic mass is 9.99. The van der Waals surface area contributed by atoms with Crippen LogP contribution in [0.4, 0.5) is 0 Å². The van der Waals surface area contributed by atoms with E-state index < -0.39 is 11.5 Å². The maximum absolute atomic E-state index is 11.5. The Balaban J connectivity index is 4.43. The summed E-state index contributed by atoms with van der Waals surface area (Å²) < 4.78 is 15.0. The summed E-state index contributed by atoms with van der Waals surface area (Å²) >= 11 is 0. The molecule has 19 heavy (non-hydrogen) atoms. The minimum Gasteiger partial charge on any atom is -0.468 e. The normalized spacial score (nSPS) is 16.2. The molecule has 0 aromatic rings. The van der Waals surface area contributed by atoms with Crippen molar-refractivity contribution in [3.8, 4) is 0 Å². The van der Waals surface area contributed by atoms with E-state index in [9.17, 15) is 4.79 Å². The van der Waals surface area contributed by atoms with Crippen molar-refractivity contribution in [3.63, 3.8) is 0 Å². The summed E-state index contributed by atoms with van der Waals surface area (Å²) in [5, 5.41) is 0. The topological polar surface area (TPSA) is 74.0 Å². The first kappa shape index (κ1) is 18.3. The Hall–Kier alpha value is -0.690. The Bertz CT molecular complexity index is 259. The van der Waals surface area contributed by atoms with Gasteiger partial charge in [-0.2, -0.15) is 0 Å². The molecule has 6 heteroatoms. The number of carbonyl (C=O) groups is 1. The highest BCUT2D eigenvalue weighted by Gasteiger charge is 2.30. The van der Waals surface area contributed by atoms with Crippen LogP contribution in [-0.2, 0) is 19.0 Å². The van der Waals surface area contributed by atoms with E-state index in [4.69, 9.17) is 19.9 Å². The summed E-state index contributed by atoms with van der Waals surface area (Å²) in [6, 6.07) is 0.244. The zero-order chi connectivity index (χ0) is 14.9. The third-order valence-corrected chi connectivity index (χ3v) is 3.18. The summed E-state index contributed by atoms with van der Waals surface area (Å²) in [6.07, 6.45) is 0.525. The molecule has 0 heterocycles. The SMILES string of the molecule is COCCN(CCC(C)(N)C(=O)OC)C(C)COC. The molecule has 0 saturated carbocycles. The molecule has 114 valence electrons. The molecule has 2 atom stereocenters. The molecule has 0 aliphatic heterocycles. The molecule has 0 saturated heterocycles. The molecule has 2 N–H and O–H groups in total. The van der Waals surface area contributed by atoms with Crippen LogP contribution in [0.5, 0.6) is 0 Å². The van der Waals surface area contributed by atoms with Gasteiger partial charge in [0, 0.05) is 33.4 Å². The van der Waals surface area contributed by atoms with Gasteiger partial charge in [0.25, 0.3) is 0 Å². The van der Waals surface area contributed by atoms with Crippen LogP contribution >= 0.6 is 0 Å². The lowest BCUT2D eigenvalue weighted by Gasteiger charge is -2.31. The highest BCUT2D eigenvalue weighted by atomic mass is 16.5. The molecule has 0 fully saturated rings. The molecule has 0 radical (unpaired) electrons. The Morgan fingerprint density at radius 1 is 1.26 bits per heavy atom. The van der Waals surface area contributed by atoms with Crippen LogP contribution in [0.1, 0.15) is 20.3 Å². The average Bonchev–Trinajstić information content (AvgIpc) is 2.37. The second-order valence-electron chi connectivity index (χ2n) is 4.99.